The third kappa shape index (κ3) is 1.47. The molecule has 0 saturated carbocycles. The van der Waals surface area contributed by atoms with E-state index in [0.29, 0.717) is 0 Å². The SMILES string of the molecule is N#CC1Sc2ccccc2C1(O)c1ccccc1. The average Bonchev–Trinajstić information content (AvgIpc) is 2.74. The predicted molar refractivity (Wildman–Crippen MR) is 71.1 cm³/mol. The van der Waals surface area contributed by atoms with Crippen LogP contribution in [0.25, 0.3) is 0 Å². The van der Waals surface area contributed by atoms with E-state index in [4.69, 9.17) is 0 Å². The molecule has 0 amide bonds. The van der Waals surface area contributed by atoms with Gasteiger partial charge in [0.15, 0.2) is 0 Å². The fourth-order valence-electron chi connectivity index (χ4n) is 2.36. The quantitative estimate of drug-likeness (QED) is 0.849. The number of nitriles is 1. The van der Waals surface area contributed by atoms with E-state index in [1.807, 2.05) is 54.6 Å². The van der Waals surface area contributed by atoms with Crippen LogP contribution in [0.5, 0.6) is 0 Å². The highest BCUT2D eigenvalue weighted by atomic mass is 32.2. The highest BCUT2D eigenvalue weighted by Gasteiger charge is 2.47. The van der Waals surface area contributed by atoms with Gasteiger partial charge in [0.2, 0.25) is 0 Å². The molecule has 2 aromatic carbocycles. The molecule has 1 N–H and O–H groups in total. The van der Waals surface area contributed by atoms with Crippen molar-refractivity contribution in [1.82, 2.24) is 0 Å². The number of aliphatic hydroxyl groups is 1. The van der Waals surface area contributed by atoms with Crippen LogP contribution in [-0.4, -0.2) is 10.4 Å². The van der Waals surface area contributed by atoms with Gasteiger partial charge >= 0.3 is 0 Å². The monoisotopic (exact) mass is 253 g/mol. The van der Waals surface area contributed by atoms with Crippen molar-refractivity contribution in [2.75, 3.05) is 0 Å². The molecule has 18 heavy (non-hydrogen) atoms. The molecular weight excluding hydrogens is 242 g/mol. The van der Waals surface area contributed by atoms with Crippen LogP contribution in [0, 0.1) is 11.3 Å². The second-order valence-electron chi connectivity index (χ2n) is 4.26. The van der Waals surface area contributed by atoms with Crippen LogP contribution >= 0.6 is 11.8 Å². The molecule has 2 unspecified atom stereocenters. The highest BCUT2D eigenvalue weighted by molar-refractivity contribution is 8.00. The van der Waals surface area contributed by atoms with E-state index < -0.39 is 10.9 Å². The molecule has 1 heterocycles. The minimum absolute atomic E-state index is 0.503. The Hall–Kier alpha value is -1.76. The van der Waals surface area contributed by atoms with Crippen LogP contribution < -0.4 is 0 Å². The van der Waals surface area contributed by atoms with Gasteiger partial charge in [-0.25, -0.2) is 0 Å². The molecule has 0 saturated heterocycles. The van der Waals surface area contributed by atoms with Crippen molar-refractivity contribution in [3.05, 3.63) is 65.7 Å². The van der Waals surface area contributed by atoms with Crippen LogP contribution in [-0.2, 0) is 5.60 Å². The standard InChI is InChI=1S/C15H11NOS/c16-10-14-15(17,11-6-2-1-3-7-11)12-8-4-5-9-13(12)18-14/h1-9,14,17H. The van der Waals surface area contributed by atoms with Crippen molar-refractivity contribution in [3.63, 3.8) is 0 Å². The molecule has 88 valence electrons. The Balaban J connectivity index is 2.23. The molecule has 0 bridgehead atoms. The third-order valence-corrected chi connectivity index (χ3v) is 4.55. The normalized spacial score (nSPS) is 25.4. The second-order valence-corrected chi connectivity index (χ2v) is 5.40. The van der Waals surface area contributed by atoms with Gasteiger partial charge in [0, 0.05) is 10.5 Å². The zero-order valence-corrected chi connectivity index (χ0v) is 10.4. The van der Waals surface area contributed by atoms with E-state index in [9.17, 15) is 10.4 Å². The third-order valence-electron chi connectivity index (χ3n) is 3.25. The Labute approximate surface area is 110 Å². The number of rotatable bonds is 1. The number of fused-ring (bicyclic) bond motifs is 1. The van der Waals surface area contributed by atoms with Gasteiger partial charge < -0.3 is 5.11 Å². The van der Waals surface area contributed by atoms with E-state index >= 15 is 0 Å². The molecule has 0 aliphatic carbocycles. The maximum absolute atomic E-state index is 11.0. The summed E-state index contributed by atoms with van der Waals surface area (Å²) >= 11 is 1.43. The lowest BCUT2D eigenvalue weighted by molar-refractivity contribution is 0.0931. The van der Waals surface area contributed by atoms with Crippen molar-refractivity contribution in [2.45, 2.75) is 15.7 Å². The highest BCUT2D eigenvalue weighted by Crippen LogP contribution is 2.50. The molecule has 2 aromatic rings. The largest absolute Gasteiger partial charge is 0.378 e. The zero-order chi connectivity index (χ0) is 12.6. The van der Waals surface area contributed by atoms with Crippen molar-refractivity contribution in [1.29, 1.82) is 5.26 Å². The summed E-state index contributed by atoms with van der Waals surface area (Å²) in [5.41, 5.74) is 0.388. The smallest absolute Gasteiger partial charge is 0.141 e. The summed E-state index contributed by atoms with van der Waals surface area (Å²) in [6.45, 7) is 0. The van der Waals surface area contributed by atoms with Crippen LogP contribution in [0.2, 0.25) is 0 Å². The van der Waals surface area contributed by atoms with Crippen LogP contribution in [0.4, 0.5) is 0 Å². The Morgan fingerprint density at radius 2 is 1.72 bits per heavy atom. The summed E-state index contributed by atoms with van der Waals surface area (Å²) in [5, 5.41) is 19.8. The molecule has 0 aromatic heterocycles. The summed E-state index contributed by atoms with van der Waals surface area (Å²) in [6, 6.07) is 19.3. The maximum atomic E-state index is 11.0. The first-order valence-corrected chi connectivity index (χ1v) is 6.58. The van der Waals surface area contributed by atoms with E-state index in [2.05, 4.69) is 6.07 Å². The van der Waals surface area contributed by atoms with E-state index in [1.165, 1.54) is 11.8 Å². The summed E-state index contributed by atoms with van der Waals surface area (Å²) in [7, 11) is 0. The lowest BCUT2D eigenvalue weighted by Gasteiger charge is -2.26. The molecule has 3 heteroatoms. The van der Waals surface area contributed by atoms with Crippen molar-refractivity contribution < 1.29 is 5.11 Å². The summed E-state index contributed by atoms with van der Waals surface area (Å²) in [4.78, 5) is 0.982. The molecule has 1 aliphatic heterocycles. The van der Waals surface area contributed by atoms with E-state index in [0.717, 1.165) is 16.0 Å². The summed E-state index contributed by atoms with van der Waals surface area (Å²) in [5.74, 6) is 0. The van der Waals surface area contributed by atoms with Crippen molar-refractivity contribution in [2.24, 2.45) is 0 Å². The minimum Gasteiger partial charge on any atom is -0.378 e. The average molecular weight is 253 g/mol. The van der Waals surface area contributed by atoms with Crippen LogP contribution in [0.1, 0.15) is 11.1 Å². The number of nitrogens with zero attached hydrogens (tertiary/aromatic N) is 1. The molecule has 2 atom stereocenters. The minimum atomic E-state index is -1.21. The second kappa shape index (κ2) is 4.16. The number of hydrogen-bond acceptors (Lipinski definition) is 3. The Morgan fingerprint density at radius 1 is 1.06 bits per heavy atom. The molecular formula is C15H11NOS. The first-order valence-electron chi connectivity index (χ1n) is 5.70. The molecule has 2 nitrogen and oxygen atoms in total. The Kier molecular flexibility index (Phi) is 2.62. The van der Waals surface area contributed by atoms with Crippen LogP contribution in [0.15, 0.2) is 59.5 Å². The fourth-order valence-corrected chi connectivity index (χ4v) is 3.60. The van der Waals surface area contributed by atoms with Crippen molar-refractivity contribution >= 4 is 11.8 Å². The van der Waals surface area contributed by atoms with Gasteiger partial charge in [-0.1, -0.05) is 48.5 Å². The van der Waals surface area contributed by atoms with Gasteiger partial charge in [0.25, 0.3) is 0 Å². The Morgan fingerprint density at radius 3 is 2.44 bits per heavy atom. The molecule has 0 spiro atoms. The van der Waals surface area contributed by atoms with Gasteiger partial charge in [-0.2, -0.15) is 5.26 Å². The maximum Gasteiger partial charge on any atom is 0.141 e. The molecule has 1 aliphatic rings. The van der Waals surface area contributed by atoms with Gasteiger partial charge in [-0.05, 0) is 11.6 Å². The lowest BCUT2D eigenvalue weighted by Crippen LogP contribution is -2.34. The zero-order valence-electron chi connectivity index (χ0n) is 9.58. The first-order chi connectivity index (χ1) is 8.76. The van der Waals surface area contributed by atoms with Gasteiger partial charge in [0.1, 0.15) is 10.9 Å². The molecule has 3 rings (SSSR count). The number of thioether (sulfide) groups is 1. The first kappa shape index (κ1) is 11.3. The van der Waals surface area contributed by atoms with Crippen molar-refractivity contribution in [3.8, 4) is 6.07 Å². The topological polar surface area (TPSA) is 44.0 Å². The van der Waals surface area contributed by atoms with E-state index in [-0.39, 0.29) is 0 Å². The summed E-state index contributed by atoms with van der Waals surface area (Å²) < 4.78 is 0. The Bertz CT molecular complexity index is 620. The van der Waals surface area contributed by atoms with Gasteiger partial charge in [0.05, 0.1) is 6.07 Å². The van der Waals surface area contributed by atoms with Crippen LogP contribution in [0.3, 0.4) is 0 Å². The van der Waals surface area contributed by atoms with Gasteiger partial charge in [-0.15, -0.1) is 11.8 Å². The molecule has 0 radical (unpaired) electrons. The molecule has 0 fully saturated rings. The van der Waals surface area contributed by atoms with E-state index in [1.54, 1.807) is 0 Å². The number of benzene rings is 2. The predicted octanol–water partition coefficient (Wildman–Crippen LogP) is 2.92. The lowest BCUT2D eigenvalue weighted by atomic mass is 9.84. The van der Waals surface area contributed by atoms with Gasteiger partial charge in [-0.3, -0.25) is 0 Å². The summed E-state index contributed by atoms with van der Waals surface area (Å²) in [6.07, 6.45) is 0. The number of hydrogen-bond donors (Lipinski definition) is 1. The fraction of sp³-hybridized carbons (Fsp3) is 0.133.